The summed E-state index contributed by atoms with van der Waals surface area (Å²) in [5, 5.41) is 1.49. The molecule has 0 saturated carbocycles. The number of hydrogen-bond acceptors (Lipinski definition) is 3. The molecule has 1 N–H and O–H groups in total. The summed E-state index contributed by atoms with van der Waals surface area (Å²) in [5.74, 6) is 0.133. The Kier molecular flexibility index (Phi) is 5.16. The molecule has 0 fully saturated rings. The smallest absolute Gasteiger partial charge is 0.746 e. The molecule has 1 unspecified atom stereocenters. The van der Waals surface area contributed by atoms with E-state index in [0.717, 1.165) is 5.39 Å². The van der Waals surface area contributed by atoms with Crippen LogP contribution in [0.15, 0.2) is 42.5 Å². The molecule has 0 saturated heterocycles. The van der Waals surface area contributed by atoms with Gasteiger partial charge >= 0.3 is 59.2 Å². The van der Waals surface area contributed by atoms with Crippen LogP contribution in [0.2, 0.25) is 0 Å². The monoisotopic (exact) mass is 262 g/mol. The van der Waals surface area contributed by atoms with Gasteiger partial charge in [0.25, 0.3) is 0 Å². The summed E-state index contributed by atoms with van der Waals surface area (Å²) >= 11 is 0. The maximum absolute atomic E-state index is 10.6. The van der Waals surface area contributed by atoms with Crippen LogP contribution in [0.1, 0.15) is 0 Å². The summed E-state index contributed by atoms with van der Waals surface area (Å²) in [6.07, 6.45) is 0. The van der Waals surface area contributed by atoms with Crippen LogP contribution in [-0.2, 0) is 4.57 Å². The first-order chi connectivity index (χ1) is 7.06. The number of benzene rings is 2. The molecule has 0 spiro atoms. The van der Waals surface area contributed by atoms with Crippen molar-refractivity contribution < 1.29 is 70.3 Å². The Hall–Kier alpha value is 0.286. The molecule has 16 heavy (non-hydrogen) atoms. The molecule has 2 aromatic rings. The molecule has 2 aromatic carbocycles. The largest absolute Gasteiger partial charge is 1.00 e. The predicted octanol–water partition coefficient (Wildman–Crippen LogP) is -1.32. The van der Waals surface area contributed by atoms with E-state index in [2.05, 4.69) is 4.52 Å². The fourth-order valence-corrected chi connectivity index (χ4v) is 1.81. The van der Waals surface area contributed by atoms with Gasteiger partial charge in [0.1, 0.15) is 5.75 Å². The normalized spacial score (nSPS) is 13.9. The van der Waals surface area contributed by atoms with Gasteiger partial charge in [-0.1, -0.05) is 36.4 Å². The summed E-state index contributed by atoms with van der Waals surface area (Å²) < 4.78 is 15.1. The van der Waals surface area contributed by atoms with E-state index in [4.69, 9.17) is 4.89 Å². The number of rotatable bonds is 2. The standard InChI is InChI=1S/C10H9O4P.K/c11-15(12,13)14-10-7-3-5-8-4-1-2-6-9(8)10;/h1-7H,(H2,11,12,13);/q;+1/p-1. The molecule has 0 amide bonds. The average Bonchev–Trinajstić information content (AvgIpc) is 2.16. The van der Waals surface area contributed by atoms with Crippen molar-refractivity contribution in [2.24, 2.45) is 0 Å². The van der Waals surface area contributed by atoms with Gasteiger partial charge in [-0.3, -0.25) is 4.57 Å². The Labute approximate surface area is 135 Å². The van der Waals surface area contributed by atoms with E-state index < -0.39 is 7.82 Å². The molecular formula is C10H8KO4P. The van der Waals surface area contributed by atoms with Crippen molar-refractivity contribution in [2.75, 3.05) is 0 Å². The molecule has 1 atom stereocenters. The first-order valence-electron chi connectivity index (χ1n) is 4.27. The summed E-state index contributed by atoms with van der Waals surface area (Å²) in [6.45, 7) is 0. The average molecular weight is 262 g/mol. The van der Waals surface area contributed by atoms with Gasteiger partial charge in [-0.15, -0.1) is 0 Å². The topological polar surface area (TPSA) is 69.6 Å². The predicted molar refractivity (Wildman–Crippen MR) is 54.4 cm³/mol. The molecule has 0 aliphatic rings. The number of phosphoric acid groups is 1. The number of fused-ring (bicyclic) bond motifs is 1. The van der Waals surface area contributed by atoms with Crippen molar-refractivity contribution in [3.05, 3.63) is 42.5 Å². The third-order valence-corrected chi connectivity index (χ3v) is 2.39. The quantitative estimate of drug-likeness (QED) is 0.538. The zero-order chi connectivity index (χ0) is 10.9. The molecule has 0 aliphatic carbocycles. The molecule has 0 aliphatic heterocycles. The maximum atomic E-state index is 10.6. The van der Waals surface area contributed by atoms with Crippen molar-refractivity contribution >= 4 is 18.6 Å². The summed E-state index contributed by atoms with van der Waals surface area (Å²) in [6, 6.07) is 12.1. The Morgan fingerprint density at radius 1 is 1.12 bits per heavy atom. The van der Waals surface area contributed by atoms with Gasteiger partial charge in [-0.25, -0.2) is 0 Å². The van der Waals surface area contributed by atoms with Crippen LogP contribution in [0.3, 0.4) is 0 Å². The van der Waals surface area contributed by atoms with Crippen molar-refractivity contribution in [3.63, 3.8) is 0 Å². The van der Waals surface area contributed by atoms with Gasteiger partial charge in [0.2, 0.25) is 0 Å². The van der Waals surface area contributed by atoms with Crippen molar-refractivity contribution in [3.8, 4) is 5.75 Å². The van der Waals surface area contributed by atoms with Crippen LogP contribution < -0.4 is 60.8 Å². The van der Waals surface area contributed by atoms with Gasteiger partial charge in [-0.05, 0) is 11.5 Å². The van der Waals surface area contributed by atoms with E-state index in [1.807, 2.05) is 18.2 Å². The number of hydrogen-bond donors (Lipinski definition) is 1. The van der Waals surface area contributed by atoms with Gasteiger partial charge in [-0.2, -0.15) is 0 Å². The van der Waals surface area contributed by atoms with Gasteiger partial charge in [0, 0.05) is 5.39 Å². The second kappa shape index (κ2) is 5.75. The first-order valence-corrected chi connectivity index (χ1v) is 5.77. The van der Waals surface area contributed by atoms with Crippen molar-refractivity contribution in [1.29, 1.82) is 0 Å². The van der Waals surface area contributed by atoms with Crippen LogP contribution in [0, 0.1) is 0 Å². The van der Waals surface area contributed by atoms with Crippen molar-refractivity contribution in [1.82, 2.24) is 0 Å². The van der Waals surface area contributed by atoms with Crippen LogP contribution in [0.4, 0.5) is 0 Å². The van der Waals surface area contributed by atoms with Crippen LogP contribution in [-0.4, -0.2) is 4.89 Å². The maximum Gasteiger partial charge on any atom is 1.00 e. The summed E-state index contributed by atoms with van der Waals surface area (Å²) in [7, 11) is -4.74. The van der Waals surface area contributed by atoms with E-state index in [0.29, 0.717) is 5.39 Å². The Balaban J connectivity index is 0.00000128. The van der Waals surface area contributed by atoms with Gasteiger partial charge in [0.05, 0.1) is 0 Å². The van der Waals surface area contributed by atoms with E-state index >= 15 is 0 Å². The SMILES string of the molecule is O=P([O-])(O)Oc1cccc2ccccc12.[K+]. The van der Waals surface area contributed by atoms with E-state index in [-0.39, 0.29) is 57.1 Å². The third kappa shape index (κ3) is 3.65. The van der Waals surface area contributed by atoms with Crippen LogP contribution in [0.25, 0.3) is 10.8 Å². The first kappa shape index (κ1) is 14.3. The van der Waals surface area contributed by atoms with Crippen LogP contribution >= 0.6 is 7.82 Å². The van der Waals surface area contributed by atoms with Crippen LogP contribution in [0.5, 0.6) is 5.75 Å². The van der Waals surface area contributed by atoms with Crippen molar-refractivity contribution in [2.45, 2.75) is 0 Å². The summed E-state index contributed by atoms with van der Waals surface area (Å²) in [4.78, 5) is 19.2. The fourth-order valence-electron chi connectivity index (χ4n) is 1.40. The molecule has 0 bridgehead atoms. The molecule has 0 radical (unpaired) electrons. The molecule has 0 aromatic heterocycles. The minimum Gasteiger partial charge on any atom is -0.746 e. The zero-order valence-electron chi connectivity index (χ0n) is 8.66. The minimum absolute atomic E-state index is 0. The number of phosphoric ester groups is 1. The van der Waals surface area contributed by atoms with Gasteiger partial charge < -0.3 is 14.3 Å². The molecule has 78 valence electrons. The second-order valence-electron chi connectivity index (χ2n) is 3.04. The van der Waals surface area contributed by atoms with E-state index in [9.17, 15) is 9.46 Å². The minimum atomic E-state index is -4.74. The molecule has 4 nitrogen and oxygen atoms in total. The second-order valence-corrected chi connectivity index (χ2v) is 4.16. The zero-order valence-corrected chi connectivity index (χ0v) is 12.7. The van der Waals surface area contributed by atoms with E-state index in [1.54, 1.807) is 18.2 Å². The summed E-state index contributed by atoms with van der Waals surface area (Å²) in [5.41, 5.74) is 0. The van der Waals surface area contributed by atoms with Gasteiger partial charge in [0.15, 0.2) is 0 Å². The Bertz CT molecular complexity index is 532. The third-order valence-electron chi connectivity index (χ3n) is 1.96. The fraction of sp³-hybridized carbons (Fsp3) is 0. The Morgan fingerprint density at radius 3 is 2.44 bits per heavy atom. The molecule has 0 heterocycles. The Morgan fingerprint density at radius 2 is 1.75 bits per heavy atom. The molecule has 6 heteroatoms. The molecule has 2 rings (SSSR count). The van der Waals surface area contributed by atoms with E-state index in [1.165, 1.54) is 6.07 Å². The molecular weight excluding hydrogens is 254 g/mol.